The van der Waals surface area contributed by atoms with Crippen LogP contribution in [0.25, 0.3) is 17.4 Å². The molecule has 1 saturated heterocycles. The summed E-state index contributed by atoms with van der Waals surface area (Å²) in [5, 5.41) is 1.19. The lowest BCUT2D eigenvalue weighted by atomic mass is 10.2. The minimum atomic E-state index is -0.501. The standard InChI is InChI=1S/C20H13FN2O3/c21-14-8-6-13(7-9-14)18-11-10-16(26-18)12-17-19(24)22-23(20(17)25)15-4-2-1-3-5-15/h1-12H,(H,22,24). The highest BCUT2D eigenvalue weighted by molar-refractivity contribution is 6.31. The Kier molecular flexibility index (Phi) is 3.85. The predicted octanol–water partition coefficient (Wildman–Crippen LogP) is 3.55. The number of carbonyl (C=O) groups is 2. The third-order valence-electron chi connectivity index (χ3n) is 3.95. The summed E-state index contributed by atoms with van der Waals surface area (Å²) >= 11 is 0. The van der Waals surface area contributed by atoms with Crippen LogP contribution in [0.5, 0.6) is 0 Å². The van der Waals surface area contributed by atoms with Crippen LogP contribution >= 0.6 is 0 Å². The first kappa shape index (κ1) is 15.8. The minimum Gasteiger partial charge on any atom is -0.457 e. The molecule has 1 fully saturated rings. The van der Waals surface area contributed by atoms with Gasteiger partial charge in [0.1, 0.15) is 22.9 Å². The topological polar surface area (TPSA) is 62.6 Å². The van der Waals surface area contributed by atoms with Gasteiger partial charge >= 0.3 is 0 Å². The van der Waals surface area contributed by atoms with E-state index in [1.807, 2.05) is 6.07 Å². The van der Waals surface area contributed by atoms with E-state index < -0.39 is 11.8 Å². The summed E-state index contributed by atoms with van der Waals surface area (Å²) < 4.78 is 18.7. The number of para-hydroxylation sites is 1. The molecule has 26 heavy (non-hydrogen) atoms. The number of nitrogens with one attached hydrogen (secondary N) is 1. The third kappa shape index (κ3) is 2.88. The van der Waals surface area contributed by atoms with Crippen molar-refractivity contribution in [1.29, 1.82) is 0 Å². The first-order valence-corrected chi connectivity index (χ1v) is 7.90. The fourth-order valence-corrected chi connectivity index (χ4v) is 2.66. The highest BCUT2D eigenvalue weighted by atomic mass is 19.1. The van der Waals surface area contributed by atoms with Crippen LogP contribution in [0, 0.1) is 5.82 Å². The van der Waals surface area contributed by atoms with Gasteiger partial charge in [0.25, 0.3) is 11.8 Å². The average Bonchev–Trinajstić information content (AvgIpc) is 3.23. The van der Waals surface area contributed by atoms with Gasteiger partial charge in [-0.1, -0.05) is 18.2 Å². The van der Waals surface area contributed by atoms with E-state index in [0.717, 1.165) is 0 Å². The number of furan rings is 1. The summed E-state index contributed by atoms with van der Waals surface area (Å²) in [4.78, 5) is 24.7. The maximum atomic E-state index is 13.0. The van der Waals surface area contributed by atoms with Crippen LogP contribution in [0.15, 0.2) is 76.7 Å². The predicted molar refractivity (Wildman–Crippen MR) is 94.1 cm³/mol. The van der Waals surface area contributed by atoms with Gasteiger partial charge in [-0.3, -0.25) is 15.0 Å². The van der Waals surface area contributed by atoms with Crippen LogP contribution in [-0.4, -0.2) is 11.8 Å². The van der Waals surface area contributed by atoms with Crippen LogP contribution < -0.4 is 10.4 Å². The number of rotatable bonds is 3. The molecule has 128 valence electrons. The number of amides is 2. The van der Waals surface area contributed by atoms with Crippen LogP contribution in [0.4, 0.5) is 10.1 Å². The Morgan fingerprint density at radius 3 is 2.38 bits per heavy atom. The smallest absolute Gasteiger partial charge is 0.282 e. The van der Waals surface area contributed by atoms with Crippen molar-refractivity contribution in [2.24, 2.45) is 0 Å². The number of hydrazine groups is 1. The van der Waals surface area contributed by atoms with Gasteiger partial charge < -0.3 is 4.42 Å². The van der Waals surface area contributed by atoms with Crippen molar-refractivity contribution in [2.75, 3.05) is 5.01 Å². The Bertz CT molecular complexity index is 1010. The van der Waals surface area contributed by atoms with E-state index in [9.17, 15) is 14.0 Å². The molecule has 1 aromatic heterocycles. The monoisotopic (exact) mass is 348 g/mol. The highest BCUT2D eigenvalue weighted by Crippen LogP contribution is 2.25. The molecule has 2 amide bonds. The van der Waals surface area contributed by atoms with Crippen molar-refractivity contribution in [1.82, 2.24) is 5.43 Å². The molecule has 1 aliphatic rings. The molecular formula is C20H13FN2O3. The van der Waals surface area contributed by atoms with E-state index in [1.54, 1.807) is 48.5 Å². The normalized spacial score (nSPS) is 15.6. The molecular weight excluding hydrogens is 335 g/mol. The van der Waals surface area contributed by atoms with E-state index >= 15 is 0 Å². The zero-order valence-corrected chi connectivity index (χ0v) is 13.5. The van der Waals surface area contributed by atoms with E-state index in [-0.39, 0.29) is 11.4 Å². The molecule has 0 bridgehead atoms. The average molecular weight is 348 g/mol. The van der Waals surface area contributed by atoms with Gasteiger partial charge in [-0.15, -0.1) is 0 Å². The summed E-state index contributed by atoms with van der Waals surface area (Å²) in [6, 6.07) is 18.0. The van der Waals surface area contributed by atoms with Gasteiger partial charge in [0.2, 0.25) is 0 Å². The van der Waals surface area contributed by atoms with Crippen LogP contribution in [-0.2, 0) is 9.59 Å². The van der Waals surface area contributed by atoms with Crippen molar-refractivity contribution < 1.29 is 18.4 Å². The molecule has 1 aliphatic heterocycles. The van der Waals surface area contributed by atoms with Crippen LogP contribution in [0.2, 0.25) is 0 Å². The first-order valence-electron chi connectivity index (χ1n) is 7.90. The summed E-state index contributed by atoms with van der Waals surface area (Å²) in [6.45, 7) is 0. The summed E-state index contributed by atoms with van der Waals surface area (Å²) in [5.74, 6) is -0.420. The second kappa shape index (κ2) is 6.33. The van der Waals surface area contributed by atoms with E-state index in [0.29, 0.717) is 22.8 Å². The Labute approximate surface area is 148 Å². The number of anilines is 1. The lowest BCUT2D eigenvalue weighted by Gasteiger charge is -2.13. The first-order chi connectivity index (χ1) is 12.6. The lowest BCUT2D eigenvalue weighted by molar-refractivity contribution is -0.117. The molecule has 2 aromatic carbocycles. The molecule has 0 atom stereocenters. The zero-order valence-electron chi connectivity index (χ0n) is 13.5. The largest absolute Gasteiger partial charge is 0.457 e. The minimum absolute atomic E-state index is 0.0196. The number of hydrogen-bond donors (Lipinski definition) is 1. The summed E-state index contributed by atoms with van der Waals surface area (Å²) in [6.07, 6.45) is 1.40. The number of hydrogen-bond acceptors (Lipinski definition) is 3. The van der Waals surface area contributed by atoms with Crippen molar-refractivity contribution in [3.05, 3.63) is 83.9 Å². The number of benzene rings is 2. The molecule has 2 heterocycles. The number of halogens is 1. The van der Waals surface area contributed by atoms with Gasteiger partial charge in [-0.25, -0.2) is 9.40 Å². The second-order valence-corrected chi connectivity index (χ2v) is 5.68. The van der Waals surface area contributed by atoms with Gasteiger partial charge in [-0.05, 0) is 54.6 Å². The third-order valence-corrected chi connectivity index (χ3v) is 3.95. The second-order valence-electron chi connectivity index (χ2n) is 5.68. The Hall–Kier alpha value is -3.67. The molecule has 3 aromatic rings. The van der Waals surface area contributed by atoms with Crippen molar-refractivity contribution in [3.63, 3.8) is 0 Å². The van der Waals surface area contributed by atoms with Crippen LogP contribution in [0.3, 0.4) is 0 Å². The molecule has 0 spiro atoms. The molecule has 0 unspecified atom stereocenters. The number of carbonyl (C=O) groups excluding carboxylic acids is 2. The Morgan fingerprint density at radius 2 is 1.65 bits per heavy atom. The molecule has 0 aliphatic carbocycles. The molecule has 6 heteroatoms. The fourth-order valence-electron chi connectivity index (χ4n) is 2.66. The van der Waals surface area contributed by atoms with Crippen molar-refractivity contribution in [2.45, 2.75) is 0 Å². The van der Waals surface area contributed by atoms with Gasteiger partial charge in [-0.2, -0.15) is 0 Å². The molecule has 0 radical (unpaired) electrons. The Morgan fingerprint density at radius 1 is 0.923 bits per heavy atom. The zero-order chi connectivity index (χ0) is 18.1. The fraction of sp³-hybridized carbons (Fsp3) is 0. The maximum absolute atomic E-state index is 13.0. The quantitative estimate of drug-likeness (QED) is 0.582. The SMILES string of the molecule is O=C1NN(c2ccccc2)C(=O)C1=Cc1ccc(-c2ccc(F)cc2)o1. The van der Waals surface area contributed by atoms with Crippen LogP contribution in [0.1, 0.15) is 5.76 Å². The van der Waals surface area contributed by atoms with Gasteiger partial charge in [0.05, 0.1) is 5.69 Å². The van der Waals surface area contributed by atoms with Crippen molar-refractivity contribution in [3.8, 4) is 11.3 Å². The maximum Gasteiger partial charge on any atom is 0.282 e. The molecule has 1 N–H and O–H groups in total. The summed E-state index contributed by atoms with van der Waals surface area (Å²) in [5.41, 5.74) is 3.78. The van der Waals surface area contributed by atoms with Gasteiger partial charge in [0, 0.05) is 5.56 Å². The van der Waals surface area contributed by atoms with E-state index in [2.05, 4.69) is 5.43 Å². The van der Waals surface area contributed by atoms with E-state index in [4.69, 9.17) is 4.42 Å². The van der Waals surface area contributed by atoms with Crippen molar-refractivity contribution >= 4 is 23.6 Å². The summed E-state index contributed by atoms with van der Waals surface area (Å²) in [7, 11) is 0. The molecule has 4 rings (SSSR count). The lowest BCUT2D eigenvalue weighted by Crippen LogP contribution is -2.35. The molecule has 5 nitrogen and oxygen atoms in total. The number of nitrogens with zero attached hydrogens (tertiary/aromatic N) is 1. The van der Waals surface area contributed by atoms with E-state index in [1.165, 1.54) is 23.2 Å². The molecule has 0 saturated carbocycles. The van der Waals surface area contributed by atoms with Gasteiger partial charge in [0.15, 0.2) is 0 Å². The highest BCUT2D eigenvalue weighted by Gasteiger charge is 2.34. The Balaban J connectivity index is 1.61.